The smallest absolute Gasteiger partial charge is 0.161 e. The highest BCUT2D eigenvalue weighted by Gasteiger charge is 2.26. The molecular weight excluding hydrogens is 266 g/mol. The summed E-state index contributed by atoms with van der Waals surface area (Å²) in [7, 11) is 0.268. The summed E-state index contributed by atoms with van der Waals surface area (Å²) in [5.74, 6) is 1.67. The zero-order valence-corrected chi connectivity index (χ0v) is 11.8. The standard InChI is InChI=1S/C13H17NO4S/c1-17-12-4-3-10(7-13(12)18-2)8-14-11-5-6-19(15,16)9-11/h3-4,7-8,11H,5-6,9H2,1-2H3/t11-/m0/s1. The van der Waals surface area contributed by atoms with Crippen LogP contribution in [0.1, 0.15) is 12.0 Å². The van der Waals surface area contributed by atoms with Crippen molar-refractivity contribution in [3.8, 4) is 11.5 Å². The molecule has 0 aliphatic carbocycles. The number of methoxy groups -OCH3 is 2. The molecule has 1 aliphatic rings. The van der Waals surface area contributed by atoms with E-state index in [-0.39, 0.29) is 17.5 Å². The summed E-state index contributed by atoms with van der Waals surface area (Å²) in [6.45, 7) is 0. The maximum atomic E-state index is 11.3. The Morgan fingerprint density at radius 3 is 2.58 bits per heavy atom. The van der Waals surface area contributed by atoms with Gasteiger partial charge in [-0.1, -0.05) is 0 Å². The van der Waals surface area contributed by atoms with Gasteiger partial charge in [-0.2, -0.15) is 0 Å². The van der Waals surface area contributed by atoms with E-state index < -0.39 is 9.84 Å². The summed E-state index contributed by atoms with van der Waals surface area (Å²) in [6.07, 6.45) is 2.29. The first-order valence-electron chi connectivity index (χ1n) is 6.00. The normalized spacial score (nSPS) is 21.7. The number of benzene rings is 1. The molecule has 1 saturated heterocycles. The second-order valence-electron chi connectivity index (χ2n) is 4.45. The van der Waals surface area contributed by atoms with Crippen molar-refractivity contribution in [2.45, 2.75) is 12.5 Å². The summed E-state index contributed by atoms with van der Waals surface area (Å²) < 4.78 is 33.0. The van der Waals surface area contributed by atoms with E-state index in [0.717, 1.165) is 5.56 Å². The Morgan fingerprint density at radius 2 is 2.00 bits per heavy atom. The Hall–Kier alpha value is -1.56. The van der Waals surface area contributed by atoms with Crippen LogP contribution in [0.25, 0.3) is 0 Å². The summed E-state index contributed by atoms with van der Waals surface area (Å²) in [4.78, 5) is 4.32. The average Bonchev–Trinajstić information content (AvgIpc) is 2.75. The molecule has 6 heteroatoms. The third kappa shape index (κ3) is 3.47. The van der Waals surface area contributed by atoms with Crippen LogP contribution in [0.2, 0.25) is 0 Å². The number of aliphatic imine (C=N–C) groups is 1. The van der Waals surface area contributed by atoms with Gasteiger partial charge in [-0.3, -0.25) is 4.99 Å². The van der Waals surface area contributed by atoms with Crippen LogP contribution in [0.3, 0.4) is 0 Å². The molecule has 2 rings (SSSR count). The van der Waals surface area contributed by atoms with E-state index in [0.29, 0.717) is 17.9 Å². The second-order valence-corrected chi connectivity index (χ2v) is 6.68. The van der Waals surface area contributed by atoms with E-state index in [2.05, 4.69) is 4.99 Å². The summed E-state index contributed by atoms with van der Waals surface area (Å²) in [5.41, 5.74) is 0.863. The van der Waals surface area contributed by atoms with Crippen molar-refractivity contribution in [2.24, 2.45) is 4.99 Å². The number of nitrogens with zero attached hydrogens (tertiary/aromatic N) is 1. The monoisotopic (exact) mass is 283 g/mol. The number of hydrogen-bond donors (Lipinski definition) is 0. The van der Waals surface area contributed by atoms with Crippen molar-refractivity contribution < 1.29 is 17.9 Å². The van der Waals surface area contributed by atoms with Crippen LogP contribution in [-0.4, -0.2) is 46.4 Å². The lowest BCUT2D eigenvalue weighted by atomic mass is 10.2. The molecular formula is C13H17NO4S. The number of rotatable bonds is 4. The van der Waals surface area contributed by atoms with E-state index in [1.54, 1.807) is 26.5 Å². The summed E-state index contributed by atoms with van der Waals surface area (Å²) >= 11 is 0. The Morgan fingerprint density at radius 1 is 1.26 bits per heavy atom. The van der Waals surface area contributed by atoms with Gasteiger partial charge in [-0.05, 0) is 30.2 Å². The minimum absolute atomic E-state index is 0.127. The van der Waals surface area contributed by atoms with Crippen LogP contribution >= 0.6 is 0 Å². The van der Waals surface area contributed by atoms with E-state index in [4.69, 9.17) is 9.47 Å². The third-order valence-electron chi connectivity index (χ3n) is 3.05. The maximum absolute atomic E-state index is 11.3. The van der Waals surface area contributed by atoms with Crippen LogP contribution in [-0.2, 0) is 9.84 Å². The fraction of sp³-hybridized carbons (Fsp3) is 0.462. The van der Waals surface area contributed by atoms with Gasteiger partial charge in [0.15, 0.2) is 21.3 Å². The maximum Gasteiger partial charge on any atom is 0.161 e. The molecule has 0 radical (unpaired) electrons. The lowest BCUT2D eigenvalue weighted by molar-refractivity contribution is 0.355. The molecule has 1 fully saturated rings. The van der Waals surface area contributed by atoms with Crippen LogP contribution in [0.4, 0.5) is 0 Å². The molecule has 0 saturated carbocycles. The van der Waals surface area contributed by atoms with Crippen LogP contribution in [0, 0.1) is 0 Å². The van der Waals surface area contributed by atoms with E-state index in [1.807, 2.05) is 12.1 Å². The van der Waals surface area contributed by atoms with Gasteiger partial charge in [0.25, 0.3) is 0 Å². The Bertz CT molecular complexity index is 580. The van der Waals surface area contributed by atoms with E-state index in [9.17, 15) is 8.42 Å². The molecule has 0 spiro atoms. The topological polar surface area (TPSA) is 65.0 Å². The molecule has 104 valence electrons. The number of sulfone groups is 1. The minimum atomic E-state index is -2.88. The molecule has 1 aromatic rings. The van der Waals surface area contributed by atoms with Crippen molar-refractivity contribution in [1.29, 1.82) is 0 Å². The first-order chi connectivity index (χ1) is 9.04. The van der Waals surface area contributed by atoms with E-state index in [1.165, 1.54) is 0 Å². The van der Waals surface area contributed by atoms with Crippen LogP contribution < -0.4 is 9.47 Å². The van der Waals surface area contributed by atoms with Crippen LogP contribution in [0.15, 0.2) is 23.2 Å². The molecule has 0 N–H and O–H groups in total. The van der Waals surface area contributed by atoms with Gasteiger partial charge in [0, 0.05) is 6.21 Å². The van der Waals surface area contributed by atoms with Gasteiger partial charge in [0.05, 0.1) is 31.8 Å². The Labute approximate surface area is 113 Å². The predicted octanol–water partition coefficient (Wildman–Crippen LogP) is 1.31. The van der Waals surface area contributed by atoms with Crippen LogP contribution in [0.5, 0.6) is 11.5 Å². The highest BCUT2D eigenvalue weighted by atomic mass is 32.2. The molecule has 0 unspecified atom stereocenters. The van der Waals surface area contributed by atoms with Crippen molar-refractivity contribution in [3.05, 3.63) is 23.8 Å². The minimum Gasteiger partial charge on any atom is -0.493 e. The van der Waals surface area contributed by atoms with E-state index >= 15 is 0 Å². The molecule has 5 nitrogen and oxygen atoms in total. The number of ether oxygens (including phenoxy) is 2. The molecule has 0 bridgehead atoms. The molecule has 1 aliphatic heterocycles. The molecule has 0 amide bonds. The first-order valence-corrected chi connectivity index (χ1v) is 7.82. The summed E-state index contributed by atoms with van der Waals surface area (Å²) in [6, 6.07) is 5.34. The van der Waals surface area contributed by atoms with Gasteiger partial charge in [0.2, 0.25) is 0 Å². The molecule has 1 atom stereocenters. The quantitative estimate of drug-likeness (QED) is 0.782. The zero-order valence-electron chi connectivity index (χ0n) is 11.0. The van der Waals surface area contributed by atoms with Crippen molar-refractivity contribution in [1.82, 2.24) is 0 Å². The summed E-state index contributed by atoms with van der Waals surface area (Å²) in [5, 5.41) is 0. The average molecular weight is 283 g/mol. The molecule has 19 heavy (non-hydrogen) atoms. The lowest BCUT2D eigenvalue weighted by Crippen LogP contribution is -2.07. The molecule has 1 aromatic carbocycles. The Kier molecular flexibility index (Phi) is 4.09. The first kappa shape index (κ1) is 13.9. The zero-order chi connectivity index (χ0) is 13.9. The van der Waals surface area contributed by atoms with Gasteiger partial charge in [-0.15, -0.1) is 0 Å². The number of hydrogen-bond acceptors (Lipinski definition) is 5. The van der Waals surface area contributed by atoms with Crippen molar-refractivity contribution in [3.63, 3.8) is 0 Å². The van der Waals surface area contributed by atoms with Gasteiger partial charge >= 0.3 is 0 Å². The third-order valence-corrected chi connectivity index (χ3v) is 4.80. The lowest BCUT2D eigenvalue weighted by Gasteiger charge is -2.07. The molecule has 1 heterocycles. The highest BCUT2D eigenvalue weighted by molar-refractivity contribution is 7.91. The van der Waals surface area contributed by atoms with Gasteiger partial charge in [-0.25, -0.2) is 8.42 Å². The largest absolute Gasteiger partial charge is 0.493 e. The van der Waals surface area contributed by atoms with Gasteiger partial charge in [0.1, 0.15) is 0 Å². The highest BCUT2D eigenvalue weighted by Crippen LogP contribution is 2.27. The van der Waals surface area contributed by atoms with Gasteiger partial charge < -0.3 is 9.47 Å². The fourth-order valence-electron chi connectivity index (χ4n) is 2.02. The second kappa shape index (κ2) is 5.61. The fourth-order valence-corrected chi connectivity index (χ4v) is 3.65. The molecule has 0 aromatic heterocycles. The SMILES string of the molecule is COc1ccc(C=N[C@H]2CCS(=O)(=O)C2)cc1OC. The Balaban J connectivity index is 2.11. The van der Waals surface area contributed by atoms with Crippen molar-refractivity contribution in [2.75, 3.05) is 25.7 Å². The predicted molar refractivity (Wildman–Crippen MR) is 74.2 cm³/mol. The van der Waals surface area contributed by atoms with Crippen molar-refractivity contribution >= 4 is 16.1 Å².